The van der Waals surface area contributed by atoms with Gasteiger partial charge in [-0.25, -0.2) is 9.78 Å². The first-order chi connectivity index (χ1) is 13.5. The topological polar surface area (TPSA) is 87.9 Å². The molecule has 1 amide bonds. The number of carbonyl (C=O) groups is 2. The predicted molar refractivity (Wildman–Crippen MR) is 102 cm³/mol. The average Bonchev–Trinajstić information content (AvgIpc) is 3.18. The quantitative estimate of drug-likeness (QED) is 0.717. The summed E-state index contributed by atoms with van der Waals surface area (Å²) in [5.74, 6) is -0.474. The molecule has 0 radical (unpaired) electrons. The molecule has 0 saturated carbocycles. The number of carbonyl (C=O) groups excluding carboxylic acids is 2. The number of nitrogens with one attached hydrogen (secondary N) is 1. The number of hydrogen-bond acceptors (Lipinski definition) is 7. The maximum Gasteiger partial charge on any atom is 0.328 e. The maximum atomic E-state index is 12.1. The van der Waals surface area contributed by atoms with Crippen LogP contribution in [0.4, 0.5) is 0 Å². The molecule has 0 spiro atoms. The maximum absolute atomic E-state index is 12.1. The Balaban J connectivity index is 1.45. The third kappa shape index (κ3) is 5.40. The number of methoxy groups -OCH3 is 1. The molecule has 150 valence electrons. The zero-order valence-electron chi connectivity index (χ0n) is 16.3. The van der Waals surface area contributed by atoms with Crippen LogP contribution in [0, 0.1) is 0 Å². The Morgan fingerprint density at radius 2 is 1.79 bits per heavy atom. The van der Waals surface area contributed by atoms with E-state index in [0.717, 1.165) is 32.7 Å². The van der Waals surface area contributed by atoms with Gasteiger partial charge >= 0.3 is 5.97 Å². The van der Waals surface area contributed by atoms with E-state index in [1.54, 1.807) is 6.92 Å². The second-order valence-electron chi connectivity index (χ2n) is 6.88. The molecule has 8 nitrogen and oxygen atoms in total. The molecule has 1 aromatic carbocycles. The molecule has 2 heterocycles. The molecule has 0 aliphatic carbocycles. The summed E-state index contributed by atoms with van der Waals surface area (Å²) < 4.78 is 10.0. The standard InChI is InChI=1S/C20H26N4O4/c1-15(20(26)27-2)21-19(25)17-14-28-18(22-17)13-24-10-8-23(9-11-24)12-16-6-4-3-5-7-16/h3-7,14-15H,8-13H2,1-2H3,(H,21,25)/t15-/m1/s1. The van der Waals surface area contributed by atoms with Gasteiger partial charge in [0.1, 0.15) is 12.3 Å². The first kappa shape index (κ1) is 20.0. The molecular weight excluding hydrogens is 360 g/mol. The lowest BCUT2D eigenvalue weighted by molar-refractivity contribution is -0.142. The van der Waals surface area contributed by atoms with Crippen molar-refractivity contribution in [1.29, 1.82) is 0 Å². The fraction of sp³-hybridized carbons (Fsp3) is 0.450. The third-order valence-corrected chi connectivity index (χ3v) is 4.76. The van der Waals surface area contributed by atoms with E-state index in [1.165, 1.54) is 18.9 Å². The van der Waals surface area contributed by atoms with Crippen molar-refractivity contribution >= 4 is 11.9 Å². The van der Waals surface area contributed by atoms with Crippen LogP contribution in [0.3, 0.4) is 0 Å². The van der Waals surface area contributed by atoms with Gasteiger partial charge in [0.25, 0.3) is 5.91 Å². The van der Waals surface area contributed by atoms with E-state index in [-0.39, 0.29) is 5.69 Å². The van der Waals surface area contributed by atoms with Crippen molar-refractivity contribution < 1.29 is 18.7 Å². The molecular formula is C20H26N4O4. The van der Waals surface area contributed by atoms with Crippen molar-refractivity contribution in [3.8, 4) is 0 Å². The average molecular weight is 386 g/mol. The Bertz CT molecular complexity index is 785. The predicted octanol–water partition coefficient (Wildman–Crippen LogP) is 1.28. The van der Waals surface area contributed by atoms with E-state index in [9.17, 15) is 9.59 Å². The van der Waals surface area contributed by atoms with Gasteiger partial charge in [-0.1, -0.05) is 30.3 Å². The first-order valence-corrected chi connectivity index (χ1v) is 9.37. The van der Waals surface area contributed by atoms with Crippen LogP contribution in [0.15, 0.2) is 41.0 Å². The third-order valence-electron chi connectivity index (χ3n) is 4.76. The SMILES string of the molecule is COC(=O)[C@@H](C)NC(=O)c1coc(CN2CCN(Cc3ccccc3)CC2)n1. The molecule has 28 heavy (non-hydrogen) atoms. The van der Waals surface area contributed by atoms with Crippen LogP contribution in [0.5, 0.6) is 0 Å². The smallest absolute Gasteiger partial charge is 0.328 e. The largest absolute Gasteiger partial charge is 0.467 e. The number of ether oxygens (including phenoxy) is 1. The number of amides is 1. The highest BCUT2D eigenvalue weighted by Crippen LogP contribution is 2.12. The van der Waals surface area contributed by atoms with Crippen LogP contribution in [-0.2, 0) is 22.6 Å². The Morgan fingerprint density at radius 3 is 2.43 bits per heavy atom. The van der Waals surface area contributed by atoms with E-state index in [0.29, 0.717) is 12.4 Å². The Hall–Kier alpha value is -2.71. The van der Waals surface area contributed by atoms with E-state index in [4.69, 9.17) is 4.42 Å². The number of esters is 1. The first-order valence-electron chi connectivity index (χ1n) is 9.37. The number of aromatic nitrogens is 1. The molecule has 8 heteroatoms. The summed E-state index contributed by atoms with van der Waals surface area (Å²) in [5.41, 5.74) is 1.48. The highest BCUT2D eigenvalue weighted by molar-refractivity contribution is 5.94. The second kappa shape index (κ2) is 9.48. The second-order valence-corrected chi connectivity index (χ2v) is 6.88. The molecule has 1 aromatic heterocycles. The summed E-state index contributed by atoms with van der Waals surface area (Å²) in [6.45, 7) is 6.83. The van der Waals surface area contributed by atoms with E-state index < -0.39 is 17.9 Å². The van der Waals surface area contributed by atoms with Crippen LogP contribution < -0.4 is 5.32 Å². The summed E-state index contributed by atoms with van der Waals surface area (Å²) in [5, 5.41) is 2.54. The van der Waals surface area contributed by atoms with Gasteiger partial charge in [-0.05, 0) is 12.5 Å². The summed E-state index contributed by atoms with van der Waals surface area (Å²) in [6.07, 6.45) is 1.32. The highest BCUT2D eigenvalue weighted by atomic mass is 16.5. The minimum atomic E-state index is -0.740. The number of hydrogen-bond donors (Lipinski definition) is 1. The van der Waals surface area contributed by atoms with Crippen LogP contribution >= 0.6 is 0 Å². The molecule has 1 saturated heterocycles. The summed E-state index contributed by atoms with van der Waals surface area (Å²) in [6, 6.07) is 9.71. The molecule has 0 bridgehead atoms. The lowest BCUT2D eigenvalue weighted by atomic mass is 10.2. The lowest BCUT2D eigenvalue weighted by Crippen LogP contribution is -2.45. The molecule has 3 rings (SSSR count). The minimum Gasteiger partial charge on any atom is -0.467 e. The zero-order chi connectivity index (χ0) is 19.9. The van der Waals surface area contributed by atoms with Crippen molar-refractivity contribution in [1.82, 2.24) is 20.1 Å². The molecule has 1 fully saturated rings. The summed E-state index contributed by atoms with van der Waals surface area (Å²) >= 11 is 0. The van der Waals surface area contributed by atoms with Gasteiger partial charge in [-0.15, -0.1) is 0 Å². The van der Waals surface area contributed by atoms with Gasteiger partial charge in [-0.2, -0.15) is 0 Å². The van der Waals surface area contributed by atoms with Crippen molar-refractivity contribution in [2.45, 2.75) is 26.1 Å². The van der Waals surface area contributed by atoms with Crippen LogP contribution in [0.1, 0.15) is 28.9 Å². The van der Waals surface area contributed by atoms with Gasteiger partial charge in [0.15, 0.2) is 5.69 Å². The number of piperazine rings is 1. The molecule has 1 aliphatic heterocycles. The minimum absolute atomic E-state index is 0.161. The molecule has 0 unspecified atom stereocenters. The van der Waals surface area contributed by atoms with Crippen molar-refractivity contribution in [2.75, 3.05) is 33.3 Å². The van der Waals surface area contributed by atoms with Crippen molar-refractivity contribution in [2.24, 2.45) is 0 Å². The monoisotopic (exact) mass is 386 g/mol. The van der Waals surface area contributed by atoms with Crippen molar-refractivity contribution in [3.63, 3.8) is 0 Å². The molecule has 1 atom stereocenters. The molecule has 1 aliphatic rings. The Labute approximate surface area is 164 Å². The normalized spacial score (nSPS) is 16.5. The molecule has 2 aromatic rings. The molecule has 1 N–H and O–H groups in total. The van der Waals surface area contributed by atoms with Gasteiger partial charge < -0.3 is 14.5 Å². The van der Waals surface area contributed by atoms with Crippen LogP contribution in [0.25, 0.3) is 0 Å². The zero-order valence-corrected chi connectivity index (χ0v) is 16.3. The summed E-state index contributed by atoms with van der Waals surface area (Å²) in [7, 11) is 1.28. The van der Waals surface area contributed by atoms with Gasteiger partial charge in [0.2, 0.25) is 5.89 Å². The van der Waals surface area contributed by atoms with Crippen molar-refractivity contribution in [3.05, 3.63) is 53.7 Å². The van der Waals surface area contributed by atoms with Crippen LogP contribution in [-0.4, -0.2) is 66.0 Å². The number of rotatable bonds is 7. The van der Waals surface area contributed by atoms with Gasteiger partial charge in [-0.3, -0.25) is 14.6 Å². The Kier molecular flexibility index (Phi) is 6.78. The highest BCUT2D eigenvalue weighted by Gasteiger charge is 2.22. The fourth-order valence-corrected chi connectivity index (χ4v) is 3.13. The lowest BCUT2D eigenvalue weighted by Gasteiger charge is -2.34. The Morgan fingerprint density at radius 1 is 1.14 bits per heavy atom. The van der Waals surface area contributed by atoms with E-state index in [1.807, 2.05) is 6.07 Å². The van der Waals surface area contributed by atoms with Gasteiger partial charge in [0, 0.05) is 32.7 Å². The number of benzene rings is 1. The van der Waals surface area contributed by atoms with E-state index >= 15 is 0 Å². The van der Waals surface area contributed by atoms with Gasteiger partial charge in [0.05, 0.1) is 13.7 Å². The van der Waals surface area contributed by atoms with Crippen LogP contribution in [0.2, 0.25) is 0 Å². The fourth-order valence-electron chi connectivity index (χ4n) is 3.13. The number of oxazole rings is 1. The number of nitrogens with zero attached hydrogens (tertiary/aromatic N) is 3. The van der Waals surface area contributed by atoms with E-state index in [2.05, 4.69) is 49.1 Å². The summed E-state index contributed by atoms with van der Waals surface area (Å²) in [4.78, 5) is 32.5.